The number of hydrogen-bond donors (Lipinski definition) is 17. The zero-order chi connectivity index (χ0) is 34.8. The maximum absolute atomic E-state index is 10.3. The van der Waals surface area contributed by atoms with Gasteiger partial charge in [0.15, 0.2) is 12.6 Å². The molecule has 0 aromatic carbocycles. The van der Waals surface area contributed by atoms with E-state index in [4.69, 9.17) is 54.3 Å². The van der Waals surface area contributed by atoms with Crippen molar-refractivity contribution in [3.05, 3.63) is 0 Å². The lowest BCUT2D eigenvalue weighted by molar-refractivity contribution is -0.388. The Kier molecular flexibility index (Phi) is 13.9. The van der Waals surface area contributed by atoms with Crippen molar-refractivity contribution in [3.63, 3.8) is 0 Å². The molecular weight excluding hydrogens is 640 g/mol. The highest BCUT2D eigenvalue weighted by molar-refractivity contribution is 4.99. The molecule has 4 rings (SSSR count). The molecule has 0 spiro atoms. The summed E-state index contributed by atoms with van der Waals surface area (Å²) < 4.78 is 26.4. The smallest absolute Gasteiger partial charge is 0.224 e. The van der Waals surface area contributed by atoms with E-state index in [1.165, 1.54) is 0 Å². The lowest BCUT2D eigenvalue weighted by Gasteiger charge is -2.44. The highest BCUT2D eigenvalue weighted by Gasteiger charge is 2.58. The Morgan fingerprint density at radius 1 is 0.435 bits per heavy atom. The van der Waals surface area contributed by atoms with Crippen molar-refractivity contribution in [1.82, 2.24) is 0 Å². The predicted molar refractivity (Wildman–Crippen MR) is 137 cm³/mol. The van der Waals surface area contributed by atoms with Crippen LogP contribution in [0.15, 0.2) is 0 Å². The minimum Gasteiger partial charge on any atom is -0.394 e. The van der Waals surface area contributed by atoms with E-state index in [-0.39, 0.29) is 0 Å². The largest absolute Gasteiger partial charge is 0.394 e. The van der Waals surface area contributed by atoms with Crippen LogP contribution in [-0.2, 0) is 23.7 Å². The molecule has 46 heavy (non-hydrogen) atoms. The summed E-state index contributed by atoms with van der Waals surface area (Å²) in [5.41, 5.74) is 0. The summed E-state index contributed by atoms with van der Waals surface area (Å²) in [6.45, 7) is -3.14. The number of aliphatic hydroxyl groups is 17. The first-order chi connectivity index (χ1) is 21.5. The van der Waals surface area contributed by atoms with Crippen LogP contribution in [0.2, 0.25) is 0 Å². The lowest BCUT2D eigenvalue weighted by Crippen LogP contribution is -2.63. The fourth-order valence-electron chi connectivity index (χ4n) is 5.23. The Morgan fingerprint density at radius 3 is 1.24 bits per heavy atom. The number of rotatable bonds is 8. The summed E-state index contributed by atoms with van der Waals surface area (Å²) in [5.74, 6) is -2.36. The number of ether oxygens (including phenoxy) is 5. The van der Waals surface area contributed by atoms with Crippen molar-refractivity contribution in [2.75, 3.05) is 26.4 Å². The van der Waals surface area contributed by atoms with Gasteiger partial charge in [-0.05, 0) is 0 Å². The van der Waals surface area contributed by atoms with Crippen molar-refractivity contribution < 1.29 is 110 Å². The van der Waals surface area contributed by atoms with Gasteiger partial charge in [-0.25, -0.2) is 0 Å². The molecule has 17 N–H and O–H groups in total. The molecule has 0 unspecified atom stereocenters. The van der Waals surface area contributed by atoms with Gasteiger partial charge in [-0.3, -0.25) is 0 Å². The molecule has 0 aromatic heterocycles. The molecule has 14 atom stereocenters. The second-order valence-corrected chi connectivity index (χ2v) is 11.4. The molecule has 3 heterocycles. The van der Waals surface area contributed by atoms with Crippen LogP contribution in [0.5, 0.6) is 0 Å². The van der Waals surface area contributed by atoms with Crippen molar-refractivity contribution in [2.24, 2.45) is 0 Å². The molecule has 0 radical (unpaired) electrons. The monoisotopic (exact) mass is 684 g/mol. The molecule has 4 aliphatic rings. The van der Waals surface area contributed by atoms with Crippen LogP contribution in [-0.4, -0.2) is 235 Å². The Balaban J connectivity index is 0.000000402. The van der Waals surface area contributed by atoms with Crippen LogP contribution < -0.4 is 0 Å². The Labute approximate surface area is 259 Å². The third-order valence-electron chi connectivity index (χ3n) is 8.26. The van der Waals surface area contributed by atoms with Crippen molar-refractivity contribution in [3.8, 4) is 0 Å². The van der Waals surface area contributed by atoms with E-state index in [9.17, 15) is 56.2 Å². The van der Waals surface area contributed by atoms with E-state index in [1.54, 1.807) is 0 Å². The second-order valence-electron chi connectivity index (χ2n) is 11.4. The highest BCUT2D eigenvalue weighted by Crippen LogP contribution is 2.36. The highest BCUT2D eigenvalue weighted by atomic mass is 16.8. The maximum Gasteiger partial charge on any atom is 0.224 e. The summed E-state index contributed by atoms with van der Waals surface area (Å²) in [5, 5.41) is 163. The summed E-state index contributed by atoms with van der Waals surface area (Å²) in [6, 6.07) is 0. The first kappa shape index (κ1) is 39.6. The van der Waals surface area contributed by atoms with Gasteiger partial charge in [0.2, 0.25) is 5.79 Å². The van der Waals surface area contributed by atoms with Crippen molar-refractivity contribution in [1.29, 1.82) is 0 Å². The van der Waals surface area contributed by atoms with Gasteiger partial charge in [0.05, 0.1) is 19.8 Å². The zero-order valence-corrected chi connectivity index (χ0v) is 23.9. The fourth-order valence-corrected chi connectivity index (χ4v) is 5.23. The van der Waals surface area contributed by atoms with Gasteiger partial charge in [-0.2, -0.15) is 0 Å². The normalized spacial score (nSPS) is 53.0. The molecule has 3 aliphatic heterocycles. The molecule has 4 fully saturated rings. The van der Waals surface area contributed by atoms with Crippen LogP contribution in [0, 0.1) is 0 Å². The minimum absolute atomic E-state index is 0.634. The molecule has 3 saturated heterocycles. The van der Waals surface area contributed by atoms with Crippen LogP contribution >= 0.6 is 0 Å². The molecule has 1 saturated carbocycles. The molecular formula is C24H44O22. The van der Waals surface area contributed by atoms with E-state index >= 15 is 0 Å². The van der Waals surface area contributed by atoms with E-state index < -0.39 is 149 Å². The second kappa shape index (κ2) is 16.2. The van der Waals surface area contributed by atoms with E-state index in [0.29, 0.717) is 0 Å². The third kappa shape index (κ3) is 7.79. The quantitative estimate of drug-likeness (QED) is 0.113. The average Bonchev–Trinajstić information content (AvgIpc) is 3.30. The number of hydrogen-bond acceptors (Lipinski definition) is 22. The van der Waals surface area contributed by atoms with E-state index in [1.807, 2.05) is 0 Å². The van der Waals surface area contributed by atoms with Crippen molar-refractivity contribution >= 4 is 0 Å². The average molecular weight is 685 g/mol. The van der Waals surface area contributed by atoms with E-state index in [0.717, 1.165) is 0 Å². The molecule has 22 nitrogen and oxygen atoms in total. The summed E-state index contributed by atoms with van der Waals surface area (Å²) in [4.78, 5) is 0. The van der Waals surface area contributed by atoms with Gasteiger partial charge < -0.3 is 110 Å². The first-order valence-electron chi connectivity index (χ1n) is 14.1. The SMILES string of the molecule is OC1C(O)C(O)C(O)C(O)C1O.OC[C@H]1O[C@H](OC[C@H]2O[C@H](O[C@]3(CO)O[C@H](CO)[C@@H](O)[C@@H]3O)[C@H](O)[C@@H](O)[C@@H]2O)[C@H](O)[C@@H](O)[C@H]1O. The fraction of sp³-hybridized carbons (Fsp3) is 1.00. The van der Waals surface area contributed by atoms with Gasteiger partial charge >= 0.3 is 0 Å². The molecule has 0 aromatic rings. The van der Waals surface area contributed by atoms with Crippen LogP contribution in [0.4, 0.5) is 0 Å². The molecule has 272 valence electrons. The van der Waals surface area contributed by atoms with Gasteiger partial charge in [-0.1, -0.05) is 0 Å². The van der Waals surface area contributed by atoms with Gasteiger partial charge in [0, 0.05) is 0 Å². The molecule has 1 aliphatic carbocycles. The Hall–Kier alpha value is -0.880. The Morgan fingerprint density at radius 2 is 0.826 bits per heavy atom. The van der Waals surface area contributed by atoms with Crippen LogP contribution in [0.25, 0.3) is 0 Å². The van der Waals surface area contributed by atoms with Crippen LogP contribution in [0.1, 0.15) is 0 Å². The van der Waals surface area contributed by atoms with Crippen LogP contribution in [0.3, 0.4) is 0 Å². The van der Waals surface area contributed by atoms with Gasteiger partial charge in [-0.15, -0.1) is 0 Å². The van der Waals surface area contributed by atoms with Crippen molar-refractivity contribution in [2.45, 2.75) is 122 Å². The summed E-state index contributed by atoms with van der Waals surface area (Å²) in [7, 11) is 0. The van der Waals surface area contributed by atoms with E-state index in [2.05, 4.69) is 0 Å². The summed E-state index contributed by atoms with van der Waals surface area (Å²) in [6.07, 6.45) is -31.6. The summed E-state index contributed by atoms with van der Waals surface area (Å²) >= 11 is 0. The maximum atomic E-state index is 10.3. The molecule has 0 amide bonds. The predicted octanol–water partition coefficient (Wildman–Crippen LogP) is -11.4. The minimum atomic E-state index is -2.36. The lowest BCUT2D eigenvalue weighted by atomic mass is 9.85. The molecule has 22 heteroatoms. The van der Waals surface area contributed by atoms with Gasteiger partial charge in [0.1, 0.15) is 110 Å². The number of aliphatic hydroxyl groups excluding tert-OH is 17. The molecule has 0 bridgehead atoms. The van der Waals surface area contributed by atoms with Gasteiger partial charge in [0.25, 0.3) is 0 Å². The third-order valence-corrected chi connectivity index (χ3v) is 8.26. The Bertz CT molecular complexity index is 874. The zero-order valence-electron chi connectivity index (χ0n) is 23.9. The first-order valence-corrected chi connectivity index (χ1v) is 14.1. The topological polar surface area (TPSA) is 390 Å². The standard InChI is InChI=1S/C18H32O16.C6H12O6/c19-1-5-8(22)11(25)13(27)16(31-5)30-3-7-9(23)12(26)14(28)17(32-7)34-18(4-21)15(29)10(24)6(2-20)33-18;7-1-2(8)4(10)6(12)5(11)3(1)9/h5-17,19-29H,1-4H2;1-12H/t5-,6-,7-,8+,9-,10-,11+,12+,13-,14-,15+,16+,17-,18+;/m1./s1.